The van der Waals surface area contributed by atoms with Gasteiger partial charge in [0, 0.05) is 0 Å². The third-order valence-corrected chi connectivity index (χ3v) is 4.27. The minimum Gasteiger partial charge on any atom is -0.414 e. The van der Waals surface area contributed by atoms with E-state index in [0.717, 1.165) is 12.1 Å². The third kappa shape index (κ3) is 3.33. The second-order valence-electron chi connectivity index (χ2n) is 5.46. The zero-order chi connectivity index (χ0) is 19.2. The van der Waals surface area contributed by atoms with Gasteiger partial charge in [0.2, 0.25) is 5.89 Å². The molecular weight excluding hydrogens is 404 g/mol. The Labute approximate surface area is 159 Å². The maximum atomic E-state index is 12.8. The number of nitrogens with zero attached hydrogens (tertiary/aromatic N) is 4. The Morgan fingerprint density at radius 3 is 2.33 bits per heavy atom. The molecule has 0 aliphatic carbocycles. The largest absolute Gasteiger partial charge is 0.416 e. The summed E-state index contributed by atoms with van der Waals surface area (Å²) in [5, 5.41) is 8.06. The molecule has 0 aliphatic rings. The Bertz CT molecular complexity index is 1160. The fourth-order valence-electron chi connectivity index (χ4n) is 2.41. The van der Waals surface area contributed by atoms with E-state index in [4.69, 9.17) is 27.6 Å². The molecule has 0 amide bonds. The van der Waals surface area contributed by atoms with E-state index in [-0.39, 0.29) is 33.7 Å². The Morgan fingerprint density at radius 2 is 1.59 bits per heavy atom. The molecule has 2 heterocycles. The van der Waals surface area contributed by atoms with E-state index in [2.05, 4.69) is 20.2 Å². The highest BCUT2D eigenvalue weighted by atomic mass is 35.5. The first-order valence-corrected chi connectivity index (χ1v) is 8.22. The second kappa shape index (κ2) is 6.47. The van der Waals surface area contributed by atoms with E-state index < -0.39 is 11.7 Å². The second-order valence-corrected chi connectivity index (χ2v) is 6.22. The van der Waals surface area contributed by atoms with Crippen LogP contribution in [0, 0.1) is 0 Å². The molecule has 0 bridgehead atoms. The Hall–Kier alpha value is -2.71. The Balaban J connectivity index is 1.79. The lowest BCUT2D eigenvalue weighted by Gasteiger charge is -2.08. The van der Waals surface area contributed by atoms with Crippen LogP contribution in [0.1, 0.15) is 5.56 Å². The highest BCUT2D eigenvalue weighted by Crippen LogP contribution is 2.34. The molecule has 0 N–H and O–H groups in total. The van der Waals surface area contributed by atoms with Crippen LogP contribution in [0.3, 0.4) is 0 Å². The summed E-state index contributed by atoms with van der Waals surface area (Å²) in [7, 11) is 0. The van der Waals surface area contributed by atoms with Gasteiger partial charge >= 0.3 is 6.18 Å². The molecule has 4 rings (SSSR count). The number of hydrogen-bond acceptors (Lipinski definition) is 5. The van der Waals surface area contributed by atoms with Crippen LogP contribution in [0.15, 0.2) is 46.9 Å². The normalized spacial score (nSPS) is 11.9. The molecule has 136 valence electrons. The quantitative estimate of drug-likeness (QED) is 0.425. The first-order valence-electron chi connectivity index (χ1n) is 7.46. The molecular formula is C17H7Cl2F3N4O. The summed E-state index contributed by atoms with van der Waals surface area (Å²) in [6.07, 6.45) is -4.49. The van der Waals surface area contributed by atoms with Crippen LogP contribution in [0.5, 0.6) is 0 Å². The van der Waals surface area contributed by atoms with Gasteiger partial charge in [0.1, 0.15) is 0 Å². The first-order chi connectivity index (χ1) is 12.8. The lowest BCUT2D eigenvalue weighted by Crippen LogP contribution is -2.05. The lowest BCUT2D eigenvalue weighted by molar-refractivity contribution is -0.137. The predicted octanol–water partition coefficient (Wildman–Crippen LogP) is 5.67. The van der Waals surface area contributed by atoms with Crippen molar-refractivity contribution in [2.24, 2.45) is 0 Å². The number of aromatic nitrogens is 4. The molecule has 5 nitrogen and oxygen atoms in total. The highest BCUT2D eigenvalue weighted by molar-refractivity contribution is 6.33. The van der Waals surface area contributed by atoms with Gasteiger partial charge in [-0.1, -0.05) is 35.3 Å². The van der Waals surface area contributed by atoms with Gasteiger partial charge in [-0.2, -0.15) is 13.2 Å². The zero-order valence-corrected chi connectivity index (χ0v) is 14.6. The minimum absolute atomic E-state index is 0.00409. The monoisotopic (exact) mass is 410 g/mol. The zero-order valence-electron chi connectivity index (χ0n) is 13.1. The minimum atomic E-state index is -4.49. The highest BCUT2D eigenvalue weighted by Gasteiger charge is 2.31. The molecule has 10 heteroatoms. The van der Waals surface area contributed by atoms with Crippen molar-refractivity contribution < 1.29 is 17.6 Å². The van der Waals surface area contributed by atoms with Gasteiger partial charge < -0.3 is 4.42 Å². The summed E-state index contributed by atoms with van der Waals surface area (Å²) in [5.41, 5.74) is -0.0384. The summed E-state index contributed by atoms with van der Waals surface area (Å²) in [5.74, 6) is 0.130. The van der Waals surface area contributed by atoms with Crippen molar-refractivity contribution in [1.29, 1.82) is 0 Å². The number of fused-ring (bicyclic) bond motifs is 1. The number of benzene rings is 2. The van der Waals surface area contributed by atoms with Gasteiger partial charge in [0.25, 0.3) is 5.89 Å². The van der Waals surface area contributed by atoms with E-state index in [0.29, 0.717) is 10.6 Å². The van der Waals surface area contributed by atoms with Crippen molar-refractivity contribution in [2.45, 2.75) is 6.18 Å². The molecule has 0 saturated heterocycles. The van der Waals surface area contributed by atoms with Gasteiger partial charge in [0.15, 0.2) is 10.8 Å². The van der Waals surface area contributed by atoms with Crippen molar-refractivity contribution in [1.82, 2.24) is 20.2 Å². The van der Waals surface area contributed by atoms with Crippen molar-refractivity contribution in [3.8, 4) is 23.0 Å². The molecule has 0 saturated carbocycles. The van der Waals surface area contributed by atoms with Gasteiger partial charge in [-0.05, 0) is 30.3 Å². The van der Waals surface area contributed by atoms with Gasteiger partial charge in [-0.25, -0.2) is 9.97 Å². The van der Waals surface area contributed by atoms with Crippen molar-refractivity contribution >= 4 is 34.2 Å². The average Bonchev–Trinajstić information content (AvgIpc) is 3.10. The molecule has 0 unspecified atom stereocenters. The standard InChI is InChI=1S/C17H7Cl2F3N4O/c18-10-4-2-1-3-9(10)15-25-26-16(27-15)13-14(19)24-12-7-8(17(20,21)22)5-6-11(12)23-13/h1-7H. The predicted molar refractivity (Wildman–Crippen MR) is 93.3 cm³/mol. The molecule has 4 aromatic rings. The molecule has 2 aromatic heterocycles. The van der Waals surface area contributed by atoms with E-state index in [1.165, 1.54) is 6.07 Å². The number of rotatable bonds is 2. The molecule has 0 fully saturated rings. The number of alkyl halides is 3. The maximum absolute atomic E-state index is 12.8. The van der Waals surface area contributed by atoms with Gasteiger partial charge in [-0.15, -0.1) is 10.2 Å². The van der Waals surface area contributed by atoms with Gasteiger partial charge in [0.05, 0.1) is 27.2 Å². The molecule has 0 aliphatic heterocycles. The fraction of sp³-hybridized carbons (Fsp3) is 0.0588. The van der Waals surface area contributed by atoms with Crippen LogP contribution < -0.4 is 0 Å². The molecule has 0 spiro atoms. The van der Waals surface area contributed by atoms with Crippen LogP contribution >= 0.6 is 23.2 Å². The van der Waals surface area contributed by atoms with Crippen LogP contribution in [0.25, 0.3) is 34.1 Å². The van der Waals surface area contributed by atoms with E-state index in [9.17, 15) is 13.2 Å². The maximum Gasteiger partial charge on any atom is 0.416 e. The van der Waals surface area contributed by atoms with Gasteiger partial charge in [-0.3, -0.25) is 0 Å². The van der Waals surface area contributed by atoms with Crippen molar-refractivity contribution in [2.75, 3.05) is 0 Å². The third-order valence-electron chi connectivity index (χ3n) is 3.68. The van der Waals surface area contributed by atoms with Crippen molar-refractivity contribution in [3.05, 3.63) is 58.2 Å². The Morgan fingerprint density at radius 1 is 0.852 bits per heavy atom. The van der Waals surface area contributed by atoms with Crippen LogP contribution in [0.2, 0.25) is 10.2 Å². The smallest absolute Gasteiger partial charge is 0.414 e. The molecule has 2 aromatic carbocycles. The number of halogens is 5. The van der Waals surface area contributed by atoms with Crippen LogP contribution in [0.4, 0.5) is 13.2 Å². The molecule has 0 atom stereocenters. The molecule has 27 heavy (non-hydrogen) atoms. The summed E-state index contributed by atoms with van der Waals surface area (Å²) >= 11 is 12.2. The fourth-order valence-corrected chi connectivity index (χ4v) is 2.84. The summed E-state index contributed by atoms with van der Waals surface area (Å²) < 4.78 is 44.1. The van der Waals surface area contributed by atoms with E-state index in [1.54, 1.807) is 24.3 Å². The Kier molecular flexibility index (Phi) is 4.24. The summed E-state index contributed by atoms with van der Waals surface area (Å²) in [6, 6.07) is 9.87. The van der Waals surface area contributed by atoms with E-state index in [1.807, 2.05) is 0 Å². The van der Waals surface area contributed by atoms with E-state index >= 15 is 0 Å². The van der Waals surface area contributed by atoms with Crippen molar-refractivity contribution in [3.63, 3.8) is 0 Å². The van der Waals surface area contributed by atoms with Crippen LogP contribution in [-0.2, 0) is 6.18 Å². The number of hydrogen-bond donors (Lipinski definition) is 0. The average molecular weight is 411 g/mol. The van der Waals surface area contributed by atoms with Crippen LogP contribution in [-0.4, -0.2) is 20.2 Å². The lowest BCUT2D eigenvalue weighted by atomic mass is 10.2. The summed E-state index contributed by atoms with van der Waals surface area (Å²) in [6.45, 7) is 0. The summed E-state index contributed by atoms with van der Waals surface area (Å²) in [4.78, 5) is 8.18. The SMILES string of the molecule is FC(F)(F)c1ccc2nc(-c3nnc(-c4ccccc4Cl)o3)c(Cl)nc2c1. The topological polar surface area (TPSA) is 64.7 Å². The molecule has 0 radical (unpaired) electrons. The first kappa shape index (κ1) is 17.7.